The highest BCUT2D eigenvalue weighted by atomic mass is 16.5. The molecule has 3 rings (SSSR count). The monoisotopic (exact) mass is 274 g/mol. The number of rotatable bonds is 3. The largest absolute Gasteiger partial charge is 0.375 e. The number of likely N-dealkylation sites (N-methyl/N-ethyl adjacent to an activating group) is 1. The first kappa shape index (κ1) is 14.0. The molecule has 6 unspecified atom stereocenters. The van der Waals surface area contributed by atoms with Gasteiger partial charge in [-0.2, -0.15) is 0 Å². The van der Waals surface area contributed by atoms with Crippen molar-refractivity contribution in [1.29, 1.82) is 0 Å². The average Bonchev–Trinajstić information content (AvgIpc) is 2.97. The second-order valence-corrected chi connectivity index (χ2v) is 6.49. The first-order valence-corrected chi connectivity index (χ1v) is 7.90. The van der Waals surface area contributed by atoms with Crippen LogP contribution in [0.3, 0.4) is 0 Å². The van der Waals surface area contributed by atoms with E-state index in [9.17, 15) is 0 Å². The molecule has 0 bridgehead atoms. The molecule has 0 aromatic carbocycles. The smallest absolute Gasteiger partial charge is 0.0597 e. The lowest BCUT2D eigenvalue weighted by atomic mass is 9.77. The van der Waals surface area contributed by atoms with Crippen LogP contribution < -0.4 is 5.32 Å². The zero-order valence-electron chi connectivity index (χ0n) is 13.0. The molecule has 20 heavy (non-hydrogen) atoms. The summed E-state index contributed by atoms with van der Waals surface area (Å²) in [5, 5.41) is 3.59. The Bertz CT molecular complexity index is 476. The molecule has 1 saturated heterocycles. The van der Waals surface area contributed by atoms with Gasteiger partial charge < -0.3 is 10.1 Å². The van der Waals surface area contributed by atoms with Crippen molar-refractivity contribution in [2.24, 2.45) is 11.8 Å². The normalized spacial score (nSPS) is 37.9. The van der Waals surface area contributed by atoms with Crippen molar-refractivity contribution in [1.82, 2.24) is 10.3 Å². The maximum absolute atomic E-state index is 6.06. The molecule has 110 valence electrons. The van der Waals surface area contributed by atoms with Crippen LogP contribution in [-0.4, -0.2) is 30.3 Å². The van der Waals surface area contributed by atoms with Gasteiger partial charge in [0.05, 0.1) is 12.2 Å². The van der Waals surface area contributed by atoms with Gasteiger partial charge in [-0.15, -0.1) is 0 Å². The van der Waals surface area contributed by atoms with Crippen LogP contribution in [0.1, 0.15) is 44.4 Å². The van der Waals surface area contributed by atoms with E-state index in [1.165, 1.54) is 17.7 Å². The van der Waals surface area contributed by atoms with E-state index in [0.717, 1.165) is 6.42 Å². The Morgan fingerprint density at radius 3 is 2.75 bits per heavy atom. The molecule has 0 saturated carbocycles. The minimum Gasteiger partial charge on any atom is -0.375 e. The van der Waals surface area contributed by atoms with Crippen LogP contribution in [0.5, 0.6) is 0 Å². The number of ether oxygens (including phenoxy) is 1. The number of nitrogens with one attached hydrogen (secondary N) is 1. The summed E-state index contributed by atoms with van der Waals surface area (Å²) in [6.45, 7) is 6.76. The Labute approximate surface area is 122 Å². The van der Waals surface area contributed by atoms with Gasteiger partial charge in [0, 0.05) is 29.8 Å². The highest BCUT2D eigenvalue weighted by molar-refractivity contribution is 5.30. The van der Waals surface area contributed by atoms with Crippen LogP contribution in [0.25, 0.3) is 0 Å². The predicted octanol–water partition coefficient (Wildman–Crippen LogP) is 2.76. The molecule has 6 atom stereocenters. The third-order valence-electron chi connectivity index (χ3n) is 5.50. The van der Waals surface area contributed by atoms with Gasteiger partial charge in [-0.25, -0.2) is 0 Å². The number of hydrogen-bond acceptors (Lipinski definition) is 3. The quantitative estimate of drug-likeness (QED) is 0.920. The topological polar surface area (TPSA) is 34.2 Å². The molecule has 0 amide bonds. The Kier molecular flexibility index (Phi) is 3.83. The van der Waals surface area contributed by atoms with Crippen molar-refractivity contribution < 1.29 is 4.74 Å². The molecule has 1 fully saturated rings. The molecule has 2 aliphatic rings. The molecule has 0 spiro atoms. The van der Waals surface area contributed by atoms with Gasteiger partial charge in [-0.05, 0) is 51.3 Å². The molecular formula is C17H26N2O. The van der Waals surface area contributed by atoms with E-state index in [1.54, 1.807) is 0 Å². The Balaban J connectivity index is 1.88. The van der Waals surface area contributed by atoms with Gasteiger partial charge in [0.15, 0.2) is 0 Å². The van der Waals surface area contributed by atoms with Gasteiger partial charge >= 0.3 is 0 Å². The van der Waals surface area contributed by atoms with Crippen LogP contribution in [0, 0.1) is 11.8 Å². The van der Waals surface area contributed by atoms with Crippen LogP contribution in [0.4, 0.5) is 0 Å². The van der Waals surface area contributed by atoms with Gasteiger partial charge in [-0.1, -0.05) is 13.0 Å². The maximum atomic E-state index is 6.06. The van der Waals surface area contributed by atoms with Gasteiger partial charge in [0.2, 0.25) is 0 Å². The molecule has 1 aliphatic carbocycles. The highest BCUT2D eigenvalue weighted by Crippen LogP contribution is 2.43. The summed E-state index contributed by atoms with van der Waals surface area (Å²) in [6.07, 6.45) is 4.99. The molecule has 1 aromatic rings. The van der Waals surface area contributed by atoms with E-state index in [1.807, 2.05) is 6.20 Å². The van der Waals surface area contributed by atoms with Gasteiger partial charge in [-0.3, -0.25) is 4.98 Å². The van der Waals surface area contributed by atoms with Crippen molar-refractivity contribution in [3.05, 3.63) is 29.6 Å². The van der Waals surface area contributed by atoms with Crippen molar-refractivity contribution in [3.8, 4) is 0 Å². The number of aromatic nitrogens is 1. The van der Waals surface area contributed by atoms with E-state index in [0.29, 0.717) is 36.0 Å². The zero-order chi connectivity index (χ0) is 14.3. The third kappa shape index (κ3) is 2.17. The number of hydrogen-bond donors (Lipinski definition) is 1. The fourth-order valence-corrected chi connectivity index (χ4v) is 4.37. The summed E-state index contributed by atoms with van der Waals surface area (Å²) in [4.78, 5) is 4.67. The first-order valence-electron chi connectivity index (χ1n) is 7.90. The lowest BCUT2D eigenvalue weighted by Gasteiger charge is -2.33. The molecule has 1 N–H and O–H groups in total. The summed E-state index contributed by atoms with van der Waals surface area (Å²) in [7, 11) is 2.09. The molecular weight excluding hydrogens is 248 g/mol. The van der Waals surface area contributed by atoms with E-state index in [4.69, 9.17) is 4.74 Å². The van der Waals surface area contributed by atoms with Crippen molar-refractivity contribution in [2.75, 3.05) is 7.05 Å². The molecule has 0 radical (unpaired) electrons. The summed E-state index contributed by atoms with van der Waals surface area (Å²) in [6, 6.07) is 4.75. The standard InChI is InChI=1S/C17H26N2O/c1-10-11(2)20-12(3)15(10)17(18-4)14-8-7-13-6-5-9-19-16(13)14/h5-6,9-12,14-15,17-18H,7-8H2,1-4H3. The van der Waals surface area contributed by atoms with Crippen LogP contribution in [0.15, 0.2) is 18.3 Å². The molecule has 1 aliphatic heterocycles. The average molecular weight is 274 g/mol. The summed E-state index contributed by atoms with van der Waals surface area (Å²) in [5.41, 5.74) is 2.75. The molecule has 2 heterocycles. The fraction of sp³-hybridized carbons (Fsp3) is 0.706. The molecule has 1 aromatic heterocycles. The fourth-order valence-electron chi connectivity index (χ4n) is 4.37. The lowest BCUT2D eigenvalue weighted by molar-refractivity contribution is 0.0466. The predicted molar refractivity (Wildman–Crippen MR) is 80.8 cm³/mol. The van der Waals surface area contributed by atoms with E-state index >= 15 is 0 Å². The van der Waals surface area contributed by atoms with Gasteiger partial charge in [0.25, 0.3) is 0 Å². The Morgan fingerprint density at radius 1 is 1.30 bits per heavy atom. The number of pyridine rings is 1. The summed E-state index contributed by atoms with van der Waals surface area (Å²) < 4.78 is 6.06. The third-order valence-corrected chi connectivity index (χ3v) is 5.50. The van der Waals surface area contributed by atoms with Crippen LogP contribution in [0.2, 0.25) is 0 Å². The minimum atomic E-state index is 0.324. The first-order chi connectivity index (χ1) is 9.63. The van der Waals surface area contributed by atoms with Crippen LogP contribution in [-0.2, 0) is 11.2 Å². The zero-order valence-corrected chi connectivity index (χ0v) is 13.0. The highest BCUT2D eigenvalue weighted by Gasteiger charge is 2.45. The molecule has 3 heteroatoms. The Hall–Kier alpha value is -0.930. The van der Waals surface area contributed by atoms with E-state index < -0.39 is 0 Å². The number of aryl methyl sites for hydroxylation is 1. The SMILES string of the molecule is CNC(C1CCc2cccnc21)C1C(C)OC(C)C1C. The minimum absolute atomic E-state index is 0.324. The summed E-state index contributed by atoms with van der Waals surface area (Å²) >= 11 is 0. The number of nitrogens with zero attached hydrogens (tertiary/aromatic N) is 1. The second-order valence-electron chi connectivity index (χ2n) is 6.49. The number of fused-ring (bicyclic) bond motifs is 1. The lowest BCUT2D eigenvalue weighted by Crippen LogP contribution is -2.44. The van der Waals surface area contributed by atoms with Crippen molar-refractivity contribution >= 4 is 0 Å². The van der Waals surface area contributed by atoms with Crippen molar-refractivity contribution in [3.63, 3.8) is 0 Å². The van der Waals surface area contributed by atoms with Crippen molar-refractivity contribution in [2.45, 2.75) is 57.8 Å². The van der Waals surface area contributed by atoms with Gasteiger partial charge in [0.1, 0.15) is 0 Å². The Morgan fingerprint density at radius 2 is 2.10 bits per heavy atom. The second kappa shape index (κ2) is 5.45. The molecule has 3 nitrogen and oxygen atoms in total. The van der Waals surface area contributed by atoms with E-state index in [-0.39, 0.29) is 0 Å². The summed E-state index contributed by atoms with van der Waals surface area (Å²) in [5.74, 6) is 1.68. The van der Waals surface area contributed by atoms with E-state index in [2.05, 4.69) is 50.3 Å². The maximum Gasteiger partial charge on any atom is 0.0597 e. The van der Waals surface area contributed by atoms with Crippen LogP contribution >= 0.6 is 0 Å².